The number of rotatable bonds is 2. The molecule has 0 aromatic rings. The van der Waals surface area contributed by atoms with Crippen molar-refractivity contribution in [1.82, 2.24) is 15.5 Å². The van der Waals surface area contributed by atoms with Crippen LogP contribution in [0.2, 0.25) is 0 Å². The van der Waals surface area contributed by atoms with Gasteiger partial charge < -0.3 is 15.5 Å². The average molecular weight is 292 g/mol. The lowest BCUT2D eigenvalue weighted by molar-refractivity contribution is -0.137. The molecule has 0 aliphatic carbocycles. The van der Waals surface area contributed by atoms with Crippen molar-refractivity contribution in [2.24, 2.45) is 5.41 Å². The SMILES string of the molecule is CC1NCCN(C(=O)CNC(=O)C(C)(C)C)C1C.Cl. The summed E-state index contributed by atoms with van der Waals surface area (Å²) in [6, 6.07) is 0.457. The van der Waals surface area contributed by atoms with Crippen LogP contribution < -0.4 is 10.6 Å². The van der Waals surface area contributed by atoms with Crippen LogP contribution in [0.25, 0.3) is 0 Å². The predicted octanol–water partition coefficient (Wildman–Crippen LogP) is 0.779. The van der Waals surface area contributed by atoms with Gasteiger partial charge in [-0.2, -0.15) is 0 Å². The summed E-state index contributed by atoms with van der Waals surface area (Å²) in [5.41, 5.74) is -0.456. The fraction of sp³-hybridized carbons (Fsp3) is 0.846. The van der Waals surface area contributed by atoms with E-state index in [1.54, 1.807) is 0 Å². The number of nitrogens with zero attached hydrogens (tertiary/aromatic N) is 1. The molecule has 2 N–H and O–H groups in total. The molecule has 0 bridgehead atoms. The van der Waals surface area contributed by atoms with E-state index in [-0.39, 0.29) is 36.8 Å². The Hall–Kier alpha value is -0.810. The fourth-order valence-electron chi connectivity index (χ4n) is 1.93. The van der Waals surface area contributed by atoms with E-state index in [4.69, 9.17) is 0 Å². The van der Waals surface area contributed by atoms with Crippen molar-refractivity contribution in [3.63, 3.8) is 0 Å². The Morgan fingerprint density at radius 3 is 2.42 bits per heavy atom. The van der Waals surface area contributed by atoms with E-state index in [1.807, 2.05) is 32.6 Å². The van der Waals surface area contributed by atoms with Gasteiger partial charge in [-0.3, -0.25) is 9.59 Å². The van der Waals surface area contributed by atoms with Gasteiger partial charge in [0.2, 0.25) is 11.8 Å². The van der Waals surface area contributed by atoms with E-state index < -0.39 is 5.41 Å². The van der Waals surface area contributed by atoms with Gasteiger partial charge in [0.25, 0.3) is 0 Å². The molecule has 0 saturated carbocycles. The highest BCUT2D eigenvalue weighted by atomic mass is 35.5. The van der Waals surface area contributed by atoms with Crippen molar-refractivity contribution in [3.05, 3.63) is 0 Å². The highest BCUT2D eigenvalue weighted by molar-refractivity contribution is 5.87. The van der Waals surface area contributed by atoms with Crippen molar-refractivity contribution in [2.75, 3.05) is 19.6 Å². The smallest absolute Gasteiger partial charge is 0.242 e. The van der Waals surface area contributed by atoms with Gasteiger partial charge in [0, 0.05) is 30.6 Å². The van der Waals surface area contributed by atoms with Crippen molar-refractivity contribution in [1.29, 1.82) is 0 Å². The first-order valence-corrected chi connectivity index (χ1v) is 6.54. The molecule has 1 fully saturated rings. The lowest BCUT2D eigenvalue weighted by Gasteiger charge is -2.38. The Balaban J connectivity index is 0.00000324. The molecule has 19 heavy (non-hydrogen) atoms. The molecule has 1 aliphatic heterocycles. The number of halogens is 1. The third-order valence-electron chi connectivity index (χ3n) is 3.44. The zero-order valence-electron chi connectivity index (χ0n) is 12.4. The maximum atomic E-state index is 12.1. The summed E-state index contributed by atoms with van der Waals surface area (Å²) >= 11 is 0. The molecule has 2 unspecified atom stereocenters. The van der Waals surface area contributed by atoms with E-state index in [0.717, 1.165) is 6.54 Å². The molecule has 0 aromatic carbocycles. The number of carbonyl (C=O) groups is 2. The third-order valence-corrected chi connectivity index (χ3v) is 3.44. The lowest BCUT2D eigenvalue weighted by atomic mass is 9.96. The topological polar surface area (TPSA) is 61.4 Å². The molecule has 2 atom stereocenters. The molecule has 1 heterocycles. The van der Waals surface area contributed by atoms with E-state index in [0.29, 0.717) is 12.6 Å². The lowest BCUT2D eigenvalue weighted by Crippen LogP contribution is -2.59. The fourth-order valence-corrected chi connectivity index (χ4v) is 1.93. The number of hydrogen-bond donors (Lipinski definition) is 2. The molecule has 6 heteroatoms. The number of hydrogen-bond acceptors (Lipinski definition) is 3. The minimum atomic E-state index is -0.456. The van der Waals surface area contributed by atoms with E-state index in [2.05, 4.69) is 17.6 Å². The van der Waals surface area contributed by atoms with Crippen LogP contribution in [0.4, 0.5) is 0 Å². The van der Waals surface area contributed by atoms with Crippen LogP contribution in [0, 0.1) is 5.41 Å². The Morgan fingerprint density at radius 1 is 1.32 bits per heavy atom. The molecule has 5 nitrogen and oxygen atoms in total. The first kappa shape index (κ1) is 18.2. The zero-order valence-corrected chi connectivity index (χ0v) is 13.3. The molecule has 1 aliphatic rings. The van der Waals surface area contributed by atoms with Crippen LogP contribution in [0.5, 0.6) is 0 Å². The van der Waals surface area contributed by atoms with Crippen LogP contribution in [0.1, 0.15) is 34.6 Å². The van der Waals surface area contributed by atoms with Gasteiger partial charge in [0.1, 0.15) is 0 Å². The van der Waals surface area contributed by atoms with Gasteiger partial charge in [-0.05, 0) is 13.8 Å². The minimum Gasteiger partial charge on any atom is -0.347 e. The number of amides is 2. The van der Waals surface area contributed by atoms with Crippen LogP contribution in [0.15, 0.2) is 0 Å². The van der Waals surface area contributed by atoms with Gasteiger partial charge in [0.05, 0.1) is 6.54 Å². The molecule has 1 rings (SSSR count). The third kappa shape index (κ3) is 4.99. The van der Waals surface area contributed by atoms with Crippen LogP contribution >= 0.6 is 12.4 Å². The second-order valence-electron chi connectivity index (χ2n) is 6.00. The van der Waals surface area contributed by atoms with Crippen LogP contribution in [-0.2, 0) is 9.59 Å². The molecule has 1 saturated heterocycles. The van der Waals surface area contributed by atoms with E-state index in [9.17, 15) is 9.59 Å². The maximum absolute atomic E-state index is 12.1. The summed E-state index contributed by atoms with van der Waals surface area (Å²) in [4.78, 5) is 25.6. The molecule has 0 aromatic heterocycles. The standard InChI is InChI=1S/C13H25N3O2.ClH/c1-9-10(2)16(7-6-14-9)11(17)8-15-12(18)13(3,4)5;/h9-10,14H,6-8H2,1-5H3,(H,15,18);1H. The predicted molar refractivity (Wildman–Crippen MR) is 78.4 cm³/mol. The van der Waals surface area contributed by atoms with E-state index >= 15 is 0 Å². The van der Waals surface area contributed by atoms with Crippen LogP contribution in [-0.4, -0.2) is 48.4 Å². The highest BCUT2D eigenvalue weighted by Gasteiger charge is 2.29. The second kappa shape index (κ2) is 7.10. The van der Waals surface area contributed by atoms with Gasteiger partial charge >= 0.3 is 0 Å². The summed E-state index contributed by atoms with van der Waals surface area (Å²) in [5.74, 6) is -0.0971. The molecule has 0 radical (unpaired) electrons. The monoisotopic (exact) mass is 291 g/mol. The minimum absolute atomic E-state index is 0. The summed E-state index contributed by atoms with van der Waals surface area (Å²) < 4.78 is 0. The zero-order chi connectivity index (χ0) is 13.9. The summed E-state index contributed by atoms with van der Waals surface area (Å²) in [5, 5.41) is 6.03. The van der Waals surface area contributed by atoms with Crippen LogP contribution in [0.3, 0.4) is 0 Å². The molecular formula is C13H26ClN3O2. The first-order chi connectivity index (χ1) is 8.23. The Kier molecular flexibility index (Phi) is 6.80. The van der Waals surface area contributed by atoms with E-state index in [1.165, 1.54) is 0 Å². The van der Waals surface area contributed by atoms with Crippen molar-refractivity contribution in [2.45, 2.75) is 46.7 Å². The van der Waals surface area contributed by atoms with Crippen molar-refractivity contribution >= 4 is 24.2 Å². The average Bonchev–Trinajstić information content (AvgIpc) is 2.27. The quantitative estimate of drug-likeness (QED) is 0.790. The van der Waals surface area contributed by atoms with Crippen molar-refractivity contribution in [3.8, 4) is 0 Å². The molecule has 112 valence electrons. The number of carbonyl (C=O) groups excluding carboxylic acids is 2. The van der Waals surface area contributed by atoms with Gasteiger partial charge in [-0.15, -0.1) is 12.4 Å². The molecular weight excluding hydrogens is 266 g/mol. The summed E-state index contributed by atoms with van der Waals surface area (Å²) in [6.07, 6.45) is 0. The second-order valence-corrected chi connectivity index (χ2v) is 6.00. The largest absolute Gasteiger partial charge is 0.347 e. The highest BCUT2D eigenvalue weighted by Crippen LogP contribution is 2.13. The first-order valence-electron chi connectivity index (χ1n) is 6.54. The Bertz CT molecular complexity index is 328. The number of nitrogens with one attached hydrogen (secondary N) is 2. The Labute approximate surface area is 121 Å². The maximum Gasteiger partial charge on any atom is 0.242 e. The molecule has 2 amide bonds. The summed E-state index contributed by atoms with van der Waals surface area (Å²) in [6.45, 7) is 11.2. The van der Waals surface area contributed by atoms with Gasteiger partial charge in [-0.25, -0.2) is 0 Å². The van der Waals surface area contributed by atoms with Gasteiger partial charge in [-0.1, -0.05) is 20.8 Å². The van der Waals surface area contributed by atoms with Crippen molar-refractivity contribution < 1.29 is 9.59 Å². The normalized spacial score (nSPS) is 23.5. The number of piperazine rings is 1. The van der Waals surface area contributed by atoms with Gasteiger partial charge in [0.15, 0.2) is 0 Å². The molecule has 0 spiro atoms. The summed E-state index contributed by atoms with van der Waals surface area (Å²) in [7, 11) is 0. The Morgan fingerprint density at radius 2 is 1.89 bits per heavy atom.